The lowest BCUT2D eigenvalue weighted by atomic mass is 9.96. The number of aromatic nitrogens is 4. The Balaban J connectivity index is 1.51. The monoisotopic (exact) mass is 299 g/mol. The SMILES string of the molecule is Cc1ncc(CN2CCC(Cn3cnccc3=O)CC2)cn1. The van der Waals surface area contributed by atoms with Gasteiger partial charge < -0.3 is 0 Å². The molecule has 2 aromatic rings. The van der Waals surface area contributed by atoms with Crippen molar-refractivity contribution in [2.45, 2.75) is 32.9 Å². The molecule has 0 spiro atoms. The highest BCUT2D eigenvalue weighted by Crippen LogP contribution is 2.19. The largest absolute Gasteiger partial charge is 0.299 e. The van der Waals surface area contributed by atoms with Gasteiger partial charge in [0.05, 0.1) is 6.33 Å². The van der Waals surface area contributed by atoms with Crippen molar-refractivity contribution < 1.29 is 0 Å². The Morgan fingerprint density at radius 3 is 2.64 bits per heavy atom. The highest BCUT2D eigenvalue weighted by Gasteiger charge is 2.20. The number of nitrogens with zero attached hydrogens (tertiary/aromatic N) is 5. The Bertz CT molecular complexity index is 659. The molecule has 22 heavy (non-hydrogen) atoms. The first-order valence-corrected chi connectivity index (χ1v) is 7.71. The molecule has 0 aliphatic carbocycles. The van der Waals surface area contributed by atoms with Crippen LogP contribution >= 0.6 is 0 Å². The number of hydrogen-bond donors (Lipinski definition) is 0. The summed E-state index contributed by atoms with van der Waals surface area (Å²) in [6.45, 7) is 5.67. The molecule has 0 radical (unpaired) electrons. The van der Waals surface area contributed by atoms with Gasteiger partial charge in [-0.15, -0.1) is 0 Å². The molecule has 0 bridgehead atoms. The molecular weight excluding hydrogens is 278 g/mol. The standard InChI is InChI=1S/C16H21N5O/c1-13-18-8-15(9-19-13)10-20-6-3-14(4-7-20)11-21-12-17-5-2-16(21)22/h2,5,8-9,12,14H,3-4,6-7,10-11H2,1H3. The first-order valence-electron chi connectivity index (χ1n) is 7.71. The molecular formula is C16H21N5O. The van der Waals surface area contributed by atoms with E-state index in [2.05, 4.69) is 19.9 Å². The first-order chi connectivity index (χ1) is 10.7. The summed E-state index contributed by atoms with van der Waals surface area (Å²) in [6, 6.07) is 1.52. The number of rotatable bonds is 4. The molecule has 0 saturated carbocycles. The predicted molar refractivity (Wildman–Crippen MR) is 83.3 cm³/mol. The van der Waals surface area contributed by atoms with E-state index in [1.165, 1.54) is 6.07 Å². The van der Waals surface area contributed by atoms with Crippen LogP contribution in [0.5, 0.6) is 0 Å². The molecule has 0 amide bonds. The number of aryl methyl sites for hydroxylation is 1. The minimum absolute atomic E-state index is 0.0363. The van der Waals surface area contributed by atoms with E-state index < -0.39 is 0 Å². The van der Waals surface area contributed by atoms with Crippen molar-refractivity contribution in [3.63, 3.8) is 0 Å². The molecule has 6 nitrogen and oxygen atoms in total. The Labute approximate surface area is 129 Å². The third-order valence-corrected chi connectivity index (χ3v) is 4.19. The Morgan fingerprint density at radius 2 is 1.95 bits per heavy atom. The molecule has 1 fully saturated rings. The van der Waals surface area contributed by atoms with E-state index in [9.17, 15) is 4.79 Å². The lowest BCUT2D eigenvalue weighted by molar-refractivity contribution is 0.166. The van der Waals surface area contributed by atoms with E-state index >= 15 is 0 Å². The summed E-state index contributed by atoms with van der Waals surface area (Å²) in [5, 5.41) is 0. The summed E-state index contributed by atoms with van der Waals surface area (Å²) in [5.74, 6) is 1.36. The zero-order valence-electron chi connectivity index (χ0n) is 12.9. The van der Waals surface area contributed by atoms with Crippen molar-refractivity contribution in [3.05, 3.63) is 52.7 Å². The average Bonchev–Trinajstić information content (AvgIpc) is 2.54. The van der Waals surface area contributed by atoms with Gasteiger partial charge in [0.15, 0.2) is 0 Å². The van der Waals surface area contributed by atoms with Gasteiger partial charge in [-0.1, -0.05) is 0 Å². The molecule has 0 unspecified atom stereocenters. The van der Waals surface area contributed by atoms with Gasteiger partial charge in [0.25, 0.3) is 5.56 Å². The van der Waals surface area contributed by atoms with Crippen molar-refractivity contribution in [2.24, 2.45) is 5.92 Å². The van der Waals surface area contributed by atoms with Gasteiger partial charge in [0, 0.05) is 43.3 Å². The normalized spacial score (nSPS) is 16.8. The van der Waals surface area contributed by atoms with Crippen LogP contribution in [-0.4, -0.2) is 37.5 Å². The van der Waals surface area contributed by atoms with Gasteiger partial charge in [0.2, 0.25) is 0 Å². The topological polar surface area (TPSA) is 63.9 Å². The molecule has 3 heterocycles. The number of piperidine rings is 1. The third-order valence-electron chi connectivity index (χ3n) is 4.19. The molecule has 1 aliphatic heterocycles. The number of hydrogen-bond acceptors (Lipinski definition) is 5. The maximum Gasteiger partial charge on any atom is 0.253 e. The molecule has 0 aromatic carbocycles. The van der Waals surface area contributed by atoms with E-state index in [1.54, 1.807) is 17.1 Å². The summed E-state index contributed by atoms with van der Waals surface area (Å²) >= 11 is 0. The lowest BCUT2D eigenvalue weighted by Crippen LogP contribution is -2.35. The zero-order chi connectivity index (χ0) is 15.4. The second-order valence-electron chi connectivity index (χ2n) is 5.93. The molecule has 2 aromatic heterocycles. The van der Waals surface area contributed by atoms with Crippen LogP contribution in [0.4, 0.5) is 0 Å². The van der Waals surface area contributed by atoms with Crippen LogP contribution in [0.3, 0.4) is 0 Å². The summed E-state index contributed by atoms with van der Waals surface area (Å²) in [5.41, 5.74) is 1.20. The molecule has 6 heteroatoms. The summed E-state index contributed by atoms with van der Waals surface area (Å²) in [4.78, 5) is 26.7. The molecule has 1 aliphatic rings. The van der Waals surface area contributed by atoms with Crippen LogP contribution in [0.1, 0.15) is 24.2 Å². The Morgan fingerprint density at radius 1 is 1.23 bits per heavy atom. The van der Waals surface area contributed by atoms with Gasteiger partial charge in [-0.2, -0.15) is 0 Å². The smallest absolute Gasteiger partial charge is 0.253 e. The maximum atomic E-state index is 11.7. The summed E-state index contributed by atoms with van der Waals surface area (Å²) < 4.78 is 1.72. The first kappa shape index (κ1) is 14.8. The number of likely N-dealkylation sites (tertiary alicyclic amines) is 1. The van der Waals surface area contributed by atoms with E-state index in [-0.39, 0.29) is 5.56 Å². The van der Waals surface area contributed by atoms with Gasteiger partial charge in [-0.05, 0) is 38.8 Å². The van der Waals surface area contributed by atoms with Crippen LogP contribution in [0, 0.1) is 12.8 Å². The van der Waals surface area contributed by atoms with E-state index in [4.69, 9.17) is 0 Å². The second-order valence-corrected chi connectivity index (χ2v) is 5.93. The summed E-state index contributed by atoms with van der Waals surface area (Å²) in [7, 11) is 0. The molecule has 3 rings (SSSR count). The third kappa shape index (κ3) is 3.76. The quantitative estimate of drug-likeness (QED) is 0.850. The fourth-order valence-electron chi connectivity index (χ4n) is 2.88. The van der Waals surface area contributed by atoms with E-state index in [1.807, 2.05) is 19.3 Å². The molecule has 0 atom stereocenters. The van der Waals surface area contributed by atoms with E-state index in [0.717, 1.165) is 50.4 Å². The van der Waals surface area contributed by atoms with Crippen molar-refractivity contribution in [1.29, 1.82) is 0 Å². The van der Waals surface area contributed by atoms with Gasteiger partial charge in [-0.25, -0.2) is 15.0 Å². The second kappa shape index (κ2) is 6.79. The van der Waals surface area contributed by atoms with Crippen molar-refractivity contribution >= 4 is 0 Å². The van der Waals surface area contributed by atoms with Gasteiger partial charge in [-0.3, -0.25) is 14.3 Å². The maximum absolute atomic E-state index is 11.7. The van der Waals surface area contributed by atoms with Crippen LogP contribution in [0.25, 0.3) is 0 Å². The van der Waals surface area contributed by atoms with Crippen LogP contribution in [0.2, 0.25) is 0 Å². The van der Waals surface area contributed by atoms with Crippen LogP contribution in [0.15, 0.2) is 35.8 Å². The van der Waals surface area contributed by atoms with Crippen LogP contribution in [-0.2, 0) is 13.1 Å². The summed E-state index contributed by atoms with van der Waals surface area (Å²) in [6.07, 6.45) is 9.21. The minimum Gasteiger partial charge on any atom is -0.299 e. The average molecular weight is 299 g/mol. The minimum atomic E-state index is 0.0363. The van der Waals surface area contributed by atoms with E-state index in [0.29, 0.717) is 5.92 Å². The predicted octanol–water partition coefficient (Wildman–Crippen LogP) is 1.25. The van der Waals surface area contributed by atoms with Crippen molar-refractivity contribution in [3.8, 4) is 0 Å². The van der Waals surface area contributed by atoms with Crippen molar-refractivity contribution in [1.82, 2.24) is 24.4 Å². The molecule has 0 N–H and O–H groups in total. The highest BCUT2D eigenvalue weighted by molar-refractivity contribution is 5.04. The molecule has 1 saturated heterocycles. The lowest BCUT2D eigenvalue weighted by Gasteiger charge is -2.32. The zero-order valence-corrected chi connectivity index (χ0v) is 12.9. The molecule has 116 valence electrons. The van der Waals surface area contributed by atoms with Gasteiger partial charge in [0.1, 0.15) is 5.82 Å². The Kier molecular flexibility index (Phi) is 4.58. The van der Waals surface area contributed by atoms with Crippen LogP contribution < -0.4 is 5.56 Å². The van der Waals surface area contributed by atoms with Crippen molar-refractivity contribution in [2.75, 3.05) is 13.1 Å². The van der Waals surface area contributed by atoms with Gasteiger partial charge >= 0.3 is 0 Å². The Hall–Kier alpha value is -2.08. The fraction of sp³-hybridized carbons (Fsp3) is 0.500. The highest BCUT2D eigenvalue weighted by atomic mass is 16.1. The fourth-order valence-corrected chi connectivity index (χ4v) is 2.88.